The molecule has 2 aromatic rings. The number of hydrogen-bond acceptors (Lipinski definition) is 5. The maximum absolute atomic E-state index is 13.9. The third-order valence-corrected chi connectivity index (χ3v) is 7.08. The minimum absolute atomic E-state index is 0.0337. The predicted molar refractivity (Wildman–Crippen MR) is 128 cm³/mol. The van der Waals surface area contributed by atoms with Crippen LogP contribution in [0.4, 0.5) is 0 Å². The Labute approximate surface area is 200 Å². The monoisotopic (exact) mass is 472 g/mol. The summed E-state index contributed by atoms with van der Waals surface area (Å²) in [6, 6.07) is 5.94. The van der Waals surface area contributed by atoms with Gasteiger partial charge in [0.2, 0.25) is 5.91 Å². The van der Waals surface area contributed by atoms with Gasteiger partial charge in [-0.2, -0.15) is 0 Å². The number of methoxy groups -OCH3 is 1. The van der Waals surface area contributed by atoms with Gasteiger partial charge in [0.05, 0.1) is 10.9 Å². The summed E-state index contributed by atoms with van der Waals surface area (Å²) in [6.45, 7) is 2.63. The normalized spacial score (nSPS) is 20.6. The SMILES string of the molecule is COCCCc1cc(CN(C(=O)[C@@H]2CNCC[C@H]2c2ccn(C)c(=O)c2)C2CC2)c(Cl)cn1. The van der Waals surface area contributed by atoms with Crippen LogP contribution >= 0.6 is 11.6 Å². The lowest BCUT2D eigenvalue weighted by Crippen LogP contribution is -2.47. The number of hydrogen-bond donors (Lipinski definition) is 1. The Kier molecular flexibility index (Phi) is 7.83. The van der Waals surface area contributed by atoms with Crippen LogP contribution in [0, 0.1) is 5.92 Å². The Hall–Kier alpha value is -2.22. The molecule has 0 unspecified atom stereocenters. The average Bonchev–Trinajstić information content (AvgIpc) is 3.66. The first-order valence-electron chi connectivity index (χ1n) is 11.8. The molecule has 33 heavy (non-hydrogen) atoms. The Balaban J connectivity index is 1.55. The largest absolute Gasteiger partial charge is 0.385 e. The van der Waals surface area contributed by atoms with Crippen molar-refractivity contribution in [1.29, 1.82) is 0 Å². The molecule has 2 aromatic heterocycles. The van der Waals surface area contributed by atoms with Gasteiger partial charge >= 0.3 is 0 Å². The lowest BCUT2D eigenvalue weighted by Gasteiger charge is -2.36. The number of aryl methyl sites for hydroxylation is 2. The first-order chi connectivity index (χ1) is 16.0. The molecular formula is C25H33ClN4O3. The number of halogens is 1. The second-order valence-corrected chi connectivity index (χ2v) is 9.58. The molecule has 0 bridgehead atoms. The van der Waals surface area contributed by atoms with Gasteiger partial charge in [-0.05, 0) is 67.8 Å². The Morgan fingerprint density at radius 2 is 2.15 bits per heavy atom. The number of amides is 1. The molecule has 2 fully saturated rings. The third-order valence-electron chi connectivity index (χ3n) is 6.74. The lowest BCUT2D eigenvalue weighted by atomic mass is 9.80. The second-order valence-electron chi connectivity index (χ2n) is 9.18. The van der Waals surface area contributed by atoms with Gasteiger partial charge in [0.1, 0.15) is 0 Å². The summed E-state index contributed by atoms with van der Waals surface area (Å²) in [7, 11) is 3.44. The van der Waals surface area contributed by atoms with Crippen LogP contribution < -0.4 is 10.9 Å². The Bertz CT molecular complexity index is 1040. The van der Waals surface area contributed by atoms with Gasteiger partial charge in [-0.25, -0.2) is 0 Å². The number of carbonyl (C=O) groups excluding carboxylic acids is 1. The van der Waals surface area contributed by atoms with Crippen molar-refractivity contribution in [3.05, 3.63) is 62.8 Å². The maximum Gasteiger partial charge on any atom is 0.250 e. The zero-order chi connectivity index (χ0) is 23.4. The zero-order valence-corrected chi connectivity index (χ0v) is 20.2. The van der Waals surface area contributed by atoms with Crippen LogP contribution in [0.5, 0.6) is 0 Å². The summed E-state index contributed by atoms with van der Waals surface area (Å²) < 4.78 is 6.71. The van der Waals surface area contributed by atoms with E-state index in [4.69, 9.17) is 16.3 Å². The quantitative estimate of drug-likeness (QED) is 0.568. The van der Waals surface area contributed by atoms with E-state index < -0.39 is 0 Å². The van der Waals surface area contributed by atoms with Crippen molar-refractivity contribution >= 4 is 17.5 Å². The molecule has 0 aromatic carbocycles. The molecule has 1 aliphatic carbocycles. The van der Waals surface area contributed by atoms with Crippen molar-refractivity contribution in [1.82, 2.24) is 19.8 Å². The van der Waals surface area contributed by atoms with Crippen molar-refractivity contribution < 1.29 is 9.53 Å². The van der Waals surface area contributed by atoms with E-state index in [9.17, 15) is 9.59 Å². The fraction of sp³-hybridized carbons (Fsp3) is 0.560. The van der Waals surface area contributed by atoms with Crippen LogP contribution in [0.25, 0.3) is 0 Å². The van der Waals surface area contributed by atoms with Gasteiger partial charge in [-0.1, -0.05) is 11.6 Å². The minimum atomic E-state index is -0.201. The molecule has 178 valence electrons. The number of aromatic nitrogens is 2. The van der Waals surface area contributed by atoms with Crippen LogP contribution in [-0.2, 0) is 29.5 Å². The van der Waals surface area contributed by atoms with Gasteiger partial charge in [-0.3, -0.25) is 14.6 Å². The highest BCUT2D eigenvalue weighted by Crippen LogP contribution is 2.36. The van der Waals surface area contributed by atoms with Crippen LogP contribution in [0.3, 0.4) is 0 Å². The Morgan fingerprint density at radius 3 is 2.88 bits per heavy atom. The molecule has 2 atom stereocenters. The molecule has 8 heteroatoms. The number of nitrogens with one attached hydrogen (secondary N) is 1. The van der Waals surface area contributed by atoms with E-state index in [0.29, 0.717) is 24.7 Å². The number of ether oxygens (including phenoxy) is 1. The summed E-state index contributed by atoms with van der Waals surface area (Å²) in [5, 5.41) is 3.98. The first-order valence-corrected chi connectivity index (χ1v) is 12.2. The van der Waals surface area contributed by atoms with Gasteiger partial charge in [0.15, 0.2) is 0 Å². The van der Waals surface area contributed by atoms with E-state index in [2.05, 4.69) is 10.3 Å². The number of piperidine rings is 1. The summed E-state index contributed by atoms with van der Waals surface area (Å²) in [6.07, 6.45) is 8.06. The summed E-state index contributed by atoms with van der Waals surface area (Å²) in [4.78, 5) is 32.5. The first kappa shape index (κ1) is 23.9. The van der Waals surface area contributed by atoms with Gasteiger partial charge in [0.25, 0.3) is 5.56 Å². The molecule has 0 spiro atoms. The molecule has 7 nitrogen and oxygen atoms in total. The molecule has 1 amide bonds. The number of rotatable bonds is 9. The van der Waals surface area contributed by atoms with E-state index in [1.165, 1.54) is 0 Å². The highest BCUT2D eigenvalue weighted by molar-refractivity contribution is 6.31. The average molecular weight is 473 g/mol. The van der Waals surface area contributed by atoms with Crippen LogP contribution in [0.15, 0.2) is 35.4 Å². The number of carbonyl (C=O) groups is 1. The lowest BCUT2D eigenvalue weighted by molar-refractivity contribution is -0.138. The number of pyridine rings is 2. The molecule has 0 radical (unpaired) electrons. The van der Waals surface area contributed by atoms with Crippen molar-refractivity contribution in [2.75, 3.05) is 26.8 Å². The van der Waals surface area contributed by atoms with Crippen LogP contribution in [0.1, 0.15) is 48.4 Å². The van der Waals surface area contributed by atoms with E-state index in [0.717, 1.165) is 55.5 Å². The molecule has 2 aliphatic rings. The molecule has 1 aliphatic heterocycles. The summed E-state index contributed by atoms with van der Waals surface area (Å²) in [5.74, 6) is -0.0242. The summed E-state index contributed by atoms with van der Waals surface area (Å²) in [5.41, 5.74) is 2.82. The van der Waals surface area contributed by atoms with Crippen molar-refractivity contribution in [2.24, 2.45) is 13.0 Å². The summed E-state index contributed by atoms with van der Waals surface area (Å²) >= 11 is 6.50. The molecular weight excluding hydrogens is 440 g/mol. The van der Waals surface area contributed by atoms with Gasteiger partial charge in [0, 0.05) is 64.0 Å². The van der Waals surface area contributed by atoms with Gasteiger partial charge < -0.3 is 19.5 Å². The van der Waals surface area contributed by atoms with E-state index in [-0.39, 0.29) is 29.3 Å². The standard InChI is InChI=1S/C25H33ClN4O3/c1-29-10-8-17(13-24(29)31)21-7-9-27-14-22(21)25(32)30(20-5-6-20)16-18-12-19(4-3-11-33-2)28-15-23(18)26/h8,10,12-13,15,20-22,27H,3-7,9,11,14,16H2,1-2H3/t21-,22+/m0/s1. The molecule has 1 saturated carbocycles. The van der Waals surface area contributed by atoms with E-state index in [1.807, 2.05) is 17.0 Å². The second kappa shape index (κ2) is 10.8. The predicted octanol–water partition coefficient (Wildman–Crippen LogP) is 2.90. The smallest absolute Gasteiger partial charge is 0.250 e. The van der Waals surface area contributed by atoms with E-state index in [1.54, 1.807) is 37.2 Å². The molecule has 1 N–H and O–H groups in total. The zero-order valence-electron chi connectivity index (χ0n) is 19.4. The van der Waals surface area contributed by atoms with Gasteiger partial charge in [-0.15, -0.1) is 0 Å². The van der Waals surface area contributed by atoms with Crippen LogP contribution in [0.2, 0.25) is 5.02 Å². The van der Waals surface area contributed by atoms with Crippen LogP contribution in [-0.4, -0.2) is 53.2 Å². The minimum Gasteiger partial charge on any atom is -0.385 e. The topological polar surface area (TPSA) is 76.5 Å². The molecule has 4 rings (SSSR count). The van der Waals surface area contributed by atoms with Crippen molar-refractivity contribution in [3.8, 4) is 0 Å². The molecule has 1 saturated heterocycles. The molecule has 3 heterocycles. The fourth-order valence-electron chi connectivity index (χ4n) is 4.67. The highest BCUT2D eigenvalue weighted by Gasteiger charge is 2.40. The maximum atomic E-state index is 13.9. The third kappa shape index (κ3) is 5.83. The van der Waals surface area contributed by atoms with Crippen molar-refractivity contribution in [3.63, 3.8) is 0 Å². The fourth-order valence-corrected chi connectivity index (χ4v) is 4.83. The van der Waals surface area contributed by atoms with Crippen molar-refractivity contribution in [2.45, 2.75) is 50.6 Å². The Morgan fingerprint density at radius 1 is 1.33 bits per heavy atom. The number of nitrogens with zero attached hydrogens (tertiary/aromatic N) is 3. The van der Waals surface area contributed by atoms with E-state index >= 15 is 0 Å². The highest BCUT2D eigenvalue weighted by atomic mass is 35.5.